The summed E-state index contributed by atoms with van der Waals surface area (Å²) in [4.78, 5) is 38.6. The van der Waals surface area contributed by atoms with Gasteiger partial charge in [0.2, 0.25) is 7.99 Å². The van der Waals surface area contributed by atoms with E-state index in [-0.39, 0.29) is 25.3 Å². The van der Waals surface area contributed by atoms with Gasteiger partial charge in [-0.1, -0.05) is 109 Å². The number of carbonyl (C=O) groups excluding carboxylic acids is 3. The van der Waals surface area contributed by atoms with Gasteiger partial charge in [0.15, 0.2) is 79.2 Å². The average molecular weight is 1130 g/mol. The van der Waals surface area contributed by atoms with Crippen molar-refractivity contribution in [3.05, 3.63) is 166 Å². The number of carbonyl (C=O) groups is 3. The molecule has 0 fully saturated rings. The Kier molecular flexibility index (Phi) is 17.9. The number of rotatable bonds is 15. The second-order valence-electron chi connectivity index (χ2n) is 14.5. The minimum atomic E-state index is -8.02. The van der Waals surface area contributed by atoms with Crippen molar-refractivity contribution in [3.63, 3.8) is 0 Å². The van der Waals surface area contributed by atoms with Crippen LogP contribution in [-0.4, -0.2) is 59.1 Å². The van der Waals surface area contributed by atoms with E-state index in [1.807, 2.05) is 105 Å². The van der Waals surface area contributed by atoms with Gasteiger partial charge in [-0.25, -0.2) is 0 Å². The van der Waals surface area contributed by atoms with Crippen LogP contribution >= 0.6 is 32.4 Å². The Labute approximate surface area is 415 Å². The van der Waals surface area contributed by atoms with Gasteiger partial charge in [0, 0.05) is 16.7 Å². The first-order valence-corrected chi connectivity index (χ1v) is 29.3. The van der Waals surface area contributed by atoms with Crippen LogP contribution in [0.2, 0.25) is 0 Å². The average Bonchev–Trinajstić information content (AvgIpc) is 3.29. The number of alkyl halides is 9. The summed E-state index contributed by atoms with van der Waals surface area (Å²) in [5.41, 5.74) is -12.5. The predicted molar refractivity (Wildman–Crippen MR) is 259 cm³/mol. The third-order valence-corrected chi connectivity index (χ3v) is 25.0. The molecule has 25 heteroatoms. The number of halogens is 9. The van der Waals surface area contributed by atoms with Gasteiger partial charge in [-0.3, -0.25) is 39.6 Å². The number of ketones is 3. The van der Waals surface area contributed by atoms with E-state index < -0.39 is 50.0 Å². The van der Waals surface area contributed by atoms with Gasteiger partial charge in [0.05, 0.1) is 18.6 Å². The highest BCUT2D eigenvalue weighted by Gasteiger charge is 2.63. The van der Waals surface area contributed by atoms with E-state index in [9.17, 15) is 79.2 Å². The monoisotopic (exact) mass is 1120 g/mol. The molecule has 0 aliphatic rings. The van der Waals surface area contributed by atoms with Crippen LogP contribution in [-0.2, 0) is 37.5 Å². The molecule has 6 aromatic rings. The van der Waals surface area contributed by atoms with Crippen LogP contribution in [0.25, 0.3) is 33.4 Å². The molecule has 0 unspecified atom stereocenters. The fourth-order valence-corrected chi connectivity index (χ4v) is 20.7. The Hall–Kier alpha value is -5.05. The highest BCUT2D eigenvalue weighted by Crippen LogP contribution is 2.51. The summed E-state index contributed by atoms with van der Waals surface area (Å²) >= 11 is 0. The summed E-state index contributed by atoms with van der Waals surface area (Å²) in [5.74, 6) is 0.198. The number of hydrogen-bond donors (Lipinski definition) is 0. The van der Waals surface area contributed by atoms with E-state index in [2.05, 4.69) is 72.8 Å². The van der Waals surface area contributed by atoms with Crippen LogP contribution in [0.4, 0.5) is 39.5 Å². The normalized spacial score (nSPS) is 12.6. The second kappa shape index (κ2) is 22.4. The molecular formula is C46H33F9O9S7. The Balaban J connectivity index is 0.000000360. The lowest BCUT2D eigenvalue weighted by Crippen LogP contribution is -2.47. The maximum absolute atomic E-state index is 12.0. The Morgan fingerprint density at radius 1 is 0.352 bits per heavy atom. The molecule has 0 aromatic heterocycles. The Bertz CT molecular complexity index is 2870. The van der Waals surface area contributed by atoms with Crippen molar-refractivity contribution in [2.75, 3.05) is 0 Å². The second-order valence-corrected chi connectivity index (χ2v) is 29.7. The van der Waals surface area contributed by atoms with Gasteiger partial charge in [-0.2, -0.15) is 39.5 Å². The van der Waals surface area contributed by atoms with Crippen LogP contribution in [0.3, 0.4) is 0 Å². The molecule has 6 aromatic carbocycles. The van der Waals surface area contributed by atoms with Crippen LogP contribution in [0.1, 0.15) is 51.8 Å². The Morgan fingerprint density at radius 3 is 0.676 bits per heavy atom. The topological polar surface area (TPSA) is 154 Å². The van der Waals surface area contributed by atoms with E-state index in [0.717, 1.165) is 33.4 Å². The van der Waals surface area contributed by atoms with Gasteiger partial charge in [-0.05, 0) is 90.6 Å². The molecule has 376 valence electrons. The van der Waals surface area contributed by atoms with E-state index >= 15 is 0 Å². The van der Waals surface area contributed by atoms with Crippen LogP contribution < -0.4 is 0 Å². The van der Waals surface area contributed by atoms with E-state index in [1.54, 1.807) is 20.8 Å². The molecule has 0 heterocycles. The van der Waals surface area contributed by atoms with Crippen molar-refractivity contribution in [2.24, 2.45) is 0 Å². The van der Waals surface area contributed by atoms with Crippen LogP contribution in [0.15, 0.2) is 160 Å². The number of hydrogen-bond acceptors (Lipinski definition) is 12. The largest absolute Gasteiger partial charge is 0.470 e. The lowest BCUT2D eigenvalue weighted by molar-refractivity contribution is -0.0471. The first-order chi connectivity index (χ1) is 32.8. The zero-order valence-corrected chi connectivity index (χ0v) is 42.0. The van der Waals surface area contributed by atoms with Gasteiger partial charge in [-0.15, -0.1) is 0 Å². The molecule has 0 radical (unpaired) electrons. The first kappa shape index (κ1) is 56.9. The smallest absolute Gasteiger partial charge is 0.295 e. The van der Waals surface area contributed by atoms with Gasteiger partial charge in [0.1, 0.15) is 0 Å². The fourth-order valence-electron chi connectivity index (χ4n) is 5.80. The lowest BCUT2D eigenvalue weighted by Gasteiger charge is -2.31. The number of sulfone groups is 3. The maximum atomic E-state index is 12.0. The van der Waals surface area contributed by atoms with Crippen molar-refractivity contribution in [1.29, 1.82) is 0 Å². The quantitative estimate of drug-likeness (QED) is 0.0316. The SMILES string of the molecule is CC(=O)c1ccc(-c2ccc(S[S+](Sc3ccc(-c4ccc(C(C)=O)cc4)cc3)Sc3ccc(-c4ccc(C(C)=O)cc4)cc3)cc2)cc1.O=S(=O)([C-](S(=O)(=O)C(F)(F)F)S(=O)(=O)C(F)(F)F)C(F)(F)F. The van der Waals surface area contributed by atoms with Crippen molar-refractivity contribution < 1.29 is 79.2 Å². The minimum Gasteiger partial charge on any atom is -0.295 e. The first-order valence-electron chi connectivity index (χ1n) is 19.6. The fraction of sp³-hybridized carbons (Fsp3) is 0.130. The van der Waals surface area contributed by atoms with E-state index in [4.69, 9.17) is 0 Å². The standard InChI is InChI=1S/C42H33O3S4.C4F9O6S3/c1-28(43)31-4-10-34(11-5-31)37-16-22-40(23-17-37)46-49(47-41-24-18-38(19-25-41)35-12-6-32(7-13-35)29(2)44)48-42-26-20-39(21-27-42)36-14-8-33(9-15-36)30(3)45;5-2(6,7)20(14,15)1(21(16,17)3(8,9)10)22(18,19)4(11,12)13/h4-27H,1-3H3;/q+1;-1. The zero-order valence-electron chi connectivity index (χ0n) is 36.3. The van der Waals surface area contributed by atoms with Gasteiger partial charge < -0.3 is 0 Å². The molecule has 0 N–H and O–H groups in total. The summed E-state index contributed by atoms with van der Waals surface area (Å²) in [7, 11) is -18.7. The molecule has 71 heavy (non-hydrogen) atoms. The minimum absolute atomic E-state index is 0.0660. The van der Waals surface area contributed by atoms with Gasteiger partial charge >= 0.3 is 16.5 Å². The summed E-state index contributed by atoms with van der Waals surface area (Å²) in [6, 6.07) is 49.1. The van der Waals surface area contributed by atoms with Gasteiger partial charge in [0.25, 0.3) is 0 Å². The van der Waals surface area contributed by atoms with Crippen molar-refractivity contribution in [2.45, 2.75) is 52.0 Å². The number of benzene rings is 6. The third kappa shape index (κ3) is 13.9. The highest BCUT2D eigenvalue weighted by molar-refractivity contribution is 9.30. The summed E-state index contributed by atoms with van der Waals surface area (Å²) < 4.78 is 167. The zero-order chi connectivity index (χ0) is 52.9. The van der Waals surface area contributed by atoms with Crippen LogP contribution in [0, 0.1) is 3.91 Å². The molecule has 0 amide bonds. The maximum Gasteiger partial charge on any atom is 0.470 e. The number of Topliss-reactive ketones (excluding diaryl/α,β-unsaturated/α-hetero) is 3. The Morgan fingerprint density at radius 2 is 0.521 bits per heavy atom. The molecule has 0 atom stereocenters. The summed E-state index contributed by atoms with van der Waals surface area (Å²) in [5, 5.41) is 0. The van der Waals surface area contributed by atoms with Crippen LogP contribution in [0.5, 0.6) is 0 Å². The van der Waals surface area contributed by atoms with Crippen molar-refractivity contribution in [1.82, 2.24) is 0 Å². The van der Waals surface area contributed by atoms with Crippen molar-refractivity contribution in [3.8, 4) is 33.4 Å². The molecule has 9 nitrogen and oxygen atoms in total. The summed E-state index contributed by atoms with van der Waals surface area (Å²) in [6.45, 7) is 4.75. The van der Waals surface area contributed by atoms with E-state index in [0.29, 0.717) is 16.7 Å². The molecule has 0 aliphatic carbocycles. The molecule has 0 saturated carbocycles. The molecule has 0 aliphatic heterocycles. The highest BCUT2D eigenvalue weighted by atomic mass is 33.8. The molecular weight excluding hydrogens is 1090 g/mol. The lowest BCUT2D eigenvalue weighted by atomic mass is 10.0. The third-order valence-electron chi connectivity index (χ3n) is 9.50. The molecule has 0 saturated heterocycles. The van der Waals surface area contributed by atoms with E-state index in [1.165, 1.54) is 14.7 Å². The molecule has 6 rings (SSSR count). The molecule has 0 spiro atoms. The summed E-state index contributed by atoms with van der Waals surface area (Å²) in [6.07, 6.45) is 0. The molecule has 0 bridgehead atoms. The predicted octanol–water partition coefficient (Wildman–Crippen LogP) is 13.6. The van der Waals surface area contributed by atoms with Crippen molar-refractivity contribution >= 4 is 87.2 Å².